The van der Waals surface area contributed by atoms with Gasteiger partial charge in [0.2, 0.25) is 0 Å². The normalized spacial score (nSPS) is 11.0. The fourth-order valence-electron chi connectivity index (χ4n) is 2.29. The number of benzene rings is 1. The highest BCUT2D eigenvalue weighted by molar-refractivity contribution is 7.17. The minimum atomic E-state index is -0.322. The zero-order valence-electron chi connectivity index (χ0n) is 13.6. The summed E-state index contributed by atoms with van der Waals surface area (Å²) in [4.78, 5) is 13.6. The molecule has 0 aliphatic carbocycles. The molecule has 0 radical (unpaired) electrons. The van der Waals surface area contributed by atoms with Gasteiger partial charge in [0.05, 0.1) is 6.61 Å². The first kappa shape index (κ1) is 16.6. The molecule has 0 bridgehead atoms. The van der Waals surface area contributed by atoms with Gasteiger partial charge in [0.25, 0.3) is 0 Å². The van der Waals surface area contributed by atoms with Crippen molar-refractivity contribution in [2.75, 3.05) is 12.3 Å². The predicted octanol–water partition coefficient (Wildman–Crippen LogP) is 4.68. The summed E-state index contributed by atoms with van der Waals surface area (Å²) in [5.74, 6) is -0.0185. The Morgan fingerprint density at radius 3 is 2.45 bits per heavy atom. The standard InChI is InChI=1S/C18H23NO2S/c1-5-14-15(13-8-6-12(4)7-9-13)16(17(19)22-14)18(20)21-10-11(2)3/h6-9,11H,5,10,19H2,1-4H3. The summed E-state index contributed by atoms with van der Waals surface area (Å²) in [5, 5.41) is 0.543. The number of anilines is 1. The first-order valence-corrected chi connectivity index (χ1v) is 8.41. The number of hydrogen-bond acceptors (Lipinski definition) is 4. The molecule has 0 spiro atoms. The largest absolute Gasteiger partial charge is 0.462 e. The highest BCUT2D eigenvalue weighted by Crippen LogP contribution is 2.39. The molecule has 1 aromatic heterocycles. The second kappa shape index (κ2) is 6.97. The molecule has 0 saturated heterocycles. The number of esters is 1. The average Bonchev–Trinajstić information content (AvgIpc) is 2.82. The van der Waals surface area contributed by atoms with E-state index in [0.29, 0.717) is 23.1 Å². The van der Waals surface area contributed by atoms with Crippen LogP contribution in [0.25, 0.3) is 11.1 Å². The van der Waals surface area contributed by atoms with E-state index in [4.69, 9.17) is 10.5 Å². The topological polar surface area (TPSA) is 52.3 Å². The summed E-state index contributed by atoms with van der Waals surface area (Å²) in [6, 6.07) is 8.17. The minimum Gasteiger partial charge on any atom is -0.462 e. The van der Waals surface area contributed by atoms with E-state index in [1.807, 2.05) is 45.0 Å². The van der Waals surface area contributed by atoms with Gasteiger partial charge in [0.1, 0.15) is 10.6 Å². The van der Waals surface area contributed by atoms with Gasteiger partial charge in [-0.25, -0.2) is 4.79 Å². The number of carbonyl (C=O) groups excluding carboxylic acids is 1. The molecule has 118 valence electrons. The summed E-state index contributed by atoms with van der Waals surface area (Å²) < 4.78 is 5.40. The summed E-state index contributed by atoms with van der Waals surface area (Å²) in [7, 11) is 0. The van der Waals surface area contributed by atoms with Crippen molar-refractivity contribution in [1.82, 2.24) is 0 Å². The summed E-state index contributed by atoms with van der Waals surface area (Å²) in [6.45, 7) is 8.56. The molecule has 2 aromatic rings. The Hall–Kier alpha value is -1.81. The Bertz CT molecular complexity index is 656. The third-order valence-corrected chi connectivity index (χ3v) is 4.58. The van der Waals surface area contributed by atoms with Crippen LogP contribution in [0.2, 0.25) is 0 Å². The third kappa shape index (κ3) is 3.50. The predicted molar refractivity (Wildman–Crippen MR) is 93.4 cm³/mol. The summed E-state index contributed by atoms with van der Waals surface area (Å²) in [6.07, 6.45) is 0.843. The maximum atomic E-state index is 12.5. The van der Waals surface area contributed by atoms with Crippen molar-refractivity contribution in [2.45, 2.75) is 34.1 Å². The summed E-state index contributed by atoms with van der Waals surface area (Å²) >= 11 is 1.48. The van der Waals surface area contributed by atoms with E-state index in [2.05, 4.69) is 6.92 Å². The average molecular weight is 317 g/mol. The highest BCUT2D eigenvalue weighted by Gasteiger charge is 2.24. The van der Waals surface area contributed by atoms with Crippen molar-refractivity contribution in [3.63, 3.8) is 0 Å². The van der Waals surface area contributed by atoms with Crippen LogP contribution in [-0.4, -0.2) is 12.6 Å². The van der Waals surface area contributed by atoms with Crippen molar-refractivity contribution in [3.05, 3.63) is 40.3 Å². The molecule has 0 amide bonds. The maximum Gasteiger partial charge on any atom is 0.341 e. The molecule has 0 aliphatic rings. The molecule has 1 heterocycles. The third-order valence-electron chi connectivity index (χ3n) is 3.42. The number of nitrogen functional groups attached to an aromatic ring is 1. The van der Waals surface area contributed by atoms with E-state index in [1.54, 1.807) is 0 Å². The van der Waals surface area contributed by atoms with Crippen LogP contribution >= 0.6 is 11.3 Å². The lowest BCUT2D eigenvalue weighted by Gasteiger charge is -2.10. The van der Waals surface area contributed by atoms with E-state index in [-0.39, 0.29) is 5.97 Å². The van der Waals surface area contributed by atoms with E-state index in [0.717, 1.165) is 22.4 Å². The number of aryl methyl sites for hydroxylation is 2. The van der Waals surface area contributed by atoms with Gasteiger partial charge in [0.15, 0.2) is 0 Å². The highest BCUT2D eigenvalue weighted by atomic mass is 32.1. The van der Waals surface area contributed by atoms with Gasteiger partial charge in [-0.2, -0.15) is 0 Å². The Labute approximate surface area is 136 Å². The van der Waals surface area contributed by atoms with Gasteiger partial charge in [-0.3, -0.25) is 0 Å². The van der Waals surface area contributed by atoms with E-state index in [1.165, 1.54) is 16.9 Å². The molecule has 0 atom stereocenters. The number of rotatable bonds is 5. The molecule has 0 unspecified atom stereocenters. The first-order valence-electron chi connectivity index (χ1n) is 7.59. The smallest absolute Gasteiger partial charge is 0.341 e. The fraction of sp³-hybridized carbons (Fsp3) is 0.389. The second-order valence-corrected chi connectivity index (χ2v) is 6.99. The van der Waals surface area contributed by atoms with E-state index >= 15 is 0 Å². The van der Waals surface area contributed by atoms with Gasteiger partial charge < -0.3 is 10.5 Å². The quantitative estimate of drug-likeness (QED) is 0.815. The maximum absolute atomic E-state index is 12.5. The van der Waals surface area contributed by atoms with Crippen molar-refractivity contribution in [3.8, 4) is 11.1 Å². The van der Waals surface area contributed by atoms with Gasteiger partial charge in [0, 0.05) is 10.4 Å². The van der Waals surface area contributed by atoms with Crippen LogP contribution in [0, 0.1) is 12.8 Å². The SMILES string of the molecule is CCc1sc(N)c(C(=O)OCC(C)C)c1-c1ccc(C)cc1. The van der Waals surface area contributed by atoms with Gasteiger partial charge >= 0.3 is 5.97 Å². The van der Waals surface area contributed by atoms with Gasteiger partial charge in [-0.05, 0) is 24.8 Å². The zero-order valence-corrected chi connectivity index (χ0v) is 14.4. The Kier molecular flexibility index (Phi) is 5.24. The van der Waals surface area contributed by atoms with Crippen LogP contribution in [-0.2, 0) is 11.2 Å². The molecule has 0 saturated carbocycles. The number of carbonyl (C=O) groups is 1. The lowest BCUT2D eigenvalue weighted by Crippen LogP contribution is -2.12. The van der Waals surface area contributed by atoms with Crippen LogP contribution in [0.1, 0.15) is 41.6 Å². The van der Waals surface area contributed by atoms with Crippen molar-refractivity contribution >= 4 is 22.3 Å². The lowest BCUT2D eigenvalue weighted by atomic mass is 9.99. The fourth-order valence-corrected chi connectivity index (χ4v) is 3.31. The molecule has 0 aliphatic heterocycles. The van der Waals surface area contributed by atoms with Gasteiger partial charge in [-0.1, -0.05) is 50.6 Å². The molecule has 4 heteroatoms. The molecule has 2 N–H and O–H groups in total. The first-order chi connectivity index (χ1) is 10.4. The Balaban J connectivity index is 2.47. The van der Waals surface area contributed by atoms with Crippen LogP contribution in [0.4, 0.5) is 5.00 Å². The minimum absolute atomic E-state index is 0.303. The molecule has 22 heavy (non-hydrogen) atoms. The number of thiophene rings is 1. The van der Waals surface area contributed by atoms with Crippen molar-refractivity contribution in [1.29, 1.82) is 0 Å². The molecule has 0 fully saturated rings. The molecule has 2 rings (SSSR count). The van der Waals surface area contributed by atoms with Crippen LogP contribution < -0.4 is 5.73 Å². The molecule has 1 aromatic carbocycles. The van der Waals surface area contributed by atoms with Gasteiger partial charge in [-0.15, -0.1) is 11.3 Å². The number of nitrogens with two attached hydrogens (primary N) is 1. The number of ether oxygens (including phenoxy) is 1. The molecular weight excluding hydrogens is 294 g/mol. The van der Waals surface area contributed by atoms with E-state index < -0.39 is 0 Å². The van der Waals surface area contributed by atoms with Crippen LogP contribution in [0.3, 0.4) is 0 Å². The van der Waals surface area contributed by atoms with Crippen molar-refractivity contribution < 1.29 is 9.53 Å². The van der Waals surface area contributed by atoms with E-state index in [9.17, 15) is 4.79 Å². The lowest BCUT2D eigenvalue weighted by molar-refractivity contribution is 0.0461. The number of hydrogen-bond donors (Lipinski definition) is 1. The Morgan fingerprint density at radius 1 is 1.27 bits per heavy atom. The van der Waals surface area contributed by atoms with Crippen LogP contribution in [0.5, 0.6) is 0 Å². The second-order valence-electron chi connectivity index (χ2n) is 5.85. The monoisotopic (exact) mass is 317 g/mol. The van der Waals surface area contributed by atoms with Crippen LogP contribution in [0.15, 0.2) is 24.3 Å². The molecular formula is C18H23NO2S. The van der Waals surface area contributed by atoms with Crippen molar-refractivity contribution in [2.24, 2.45) is 5.92 Å². The Morgan fingerprint density at radius 2 is 1.91 bits per heavy atom. The molecule has 3 nitrogen and oxygen atoms in total. The zero-order chi connectivity index (χ0) is 16.3. The summed E-state index contributed by atoms with van der Waals surface area (Å²) in [5.41, 5.74) is 9.77.